The van der Waals surface area contributed by atoms with E-state index < -0.39 is 0 Å². The summed E-state index contributed by atoms with van der Waals surface area (Å²) in [5, 5.41) is 28.4. The summed E-state index contributed by atoms with van der Waals surface area (Å²) in [4.78, 5) is 40.1. The highest BCUT2D eigenvalue weighted by Crippen LogP contribution is 2.42. The minimum atomic E-state index is 0.00959. The molecular formula is C61H78BrN15O8. The van der Waals surface area contributed by atoms with Crippen LogP contribution in [-0.2, 0) is 0 Å². The van der Waals surface area contributed by atoms with Crippen molar-refractivity contribution in [1.29, 1.82) is 0 Å². The SMILES string of the molecule is CN1CCCCC1.COc1cc(-n2cnc(Nc3nc(N4CCC[C@H]4CO)nc4cc(Br)ccc34)c2)cc(OC)c1OC.COc1cc(-n2cnc(Nc3nc(N4CCC[C@H]4CO)nc4cc(N5CCN(C)CC5)ccc34)c2)cc(OC)c1OC. The smallest absolute Gasteiger partial charge is 0.228 e. The van der Waals surface area contributed by atoms with Crippen molar-refractivity contribution in [1.82, 2.24) is 48.8 Å². The standard InChI is InChI=1S/C30H38N8O4.C25H27BrN6O4.C6H13N/c1-35-10-12-36(13-11-35)20-7-8-23-24(14-20)32-30(38-9-5-6-21(38)18-39)34-29(23)33-27-17-37(19-31-27)22-15-25(40-2)28(42-4)26(16-22)41-3;1-34-20-10-17(11-21(35-2)23(20)36-3)31-12-22(27-14-31)29-24-18-7-6-15(26)9-19(18)28-25(30-24)32-8-4-5-16(32)13-33;1-7-5-3-2-4-6-7/h7-8,14-17,19,21,39H,5-6,9-13,18H2,1-4H3,(H,32,33,34);6-7,9-12,14,16,33H,4-5,8,13H2,1-3H3,(H,28,29,30);2-6H2,1H3/t21-;16-;/m00./s1. The third-order valence-electron chi connectivity index (χ3n) is 16.0. The van der Waals surface area contributed by atoms with Crippen LogP contribution >= 0.6 is 15.9 Å². The molecule has 452 valence electrons. The van der Waals surface area contributed by atoms with Crippen molar-refractivity contribution in [3.8, 4) is 45.9 Å². The Bertz CT molecular complexity index is 3490. The van der Waals surface area contributed by atoms with Gasteiger partial charge >= 0.3 is 0 Å². The summed E-state index contributed by atoms with van der Waals surface area (Å²) in [5.74, 6) is 7.01. The van der Waals surface area contributed by atoms with Gasteiger partial charge in [-0.1, -0.05) is 22.4 Å². The van der Waals surface area contributed by atoms with Crippen molar-refractivity contribution in [2.75, 3.05) is 148 Å². The minimum Gasteiger partial charge on any atom is -0.493 e. The van der Waals surface area contributed by atoms with Gasteiger partial charge in [0, 0.05) is 84.5 Å². The molecule has 24 heteroatoms. The van der Waals surface area contributed by atoms with Gasteiger partial charge in [0.05, 0.1) is 103 Å². The van der Waals surface area contributed by atoms with E-state index in [1.165, 1.54) is 32.4 Å². The fraction of sp³-hybridized carbons (Fsp3) is 0.443. The lowest BCUT2D eigenvalue weighted by Crippen LogP contribution is -2.44. The number of nitrogens with one attached hydrogen (secondary N) is 2. The average Bonchev–Trinajstić information content (AvgIpc) is 3.80. The van der Waals surface area contributed by atoms with E-state index in [9.17, 15) is 10.2 Å². The molecule has 4 fully saturated rings. The van der Waals surface area contributed by atoms with Crippen LogP contribution in [0.1, 0.15) is 44.9 Å². The van der Waals surface area contributed by atoms with Gasteiger partial charge in [-0.3, -0.25) is 0 Å². The lowest BCUT2D eigenvalue weighted by Gasteiger charge is -2.34. The summed E-state index contributed by atoms with van der Waals surface area (Å²) in [5.41, 5.74) is 4.40. The first-order valence-corrected chi connectivity index (χ1v) is 29.6. The maximum atomic E-state index is 10.0. The zero-order chi connectivity index (χ0) is 59.6. The first-order chi connectivity index (χ1) is 41.4. The monoisotopic (exact) mass is 1230 g/mol. The van der Waals surface area contributed by atoms with Crippen LogP contribution in [0.5, 0.6) is 34.5 Å². The Morgan fingerprint density at radius 1 is 0.494 bits per heavy atom. The number of aliphatic hydroxyl groups is 2. The zero-order valence-corrected chi connectivity index (χ0v) is 51.4. The number of hydrogen-bond acceptors (Lipinski definition) is 21. The molecule has 4 saturated heterocycles. The van der Waals surface area contributed by atoms with Crippen molar-refractivity contribution < 1.29 is 38.6 Å². The fourth-order valence-corrected chi connectivity index (χ4v) is 11.6. The van der Waals surface area contributed by atoms with E-state index >= 15 is 0 Å². The highest BCUT2D eigenvalue weighted by atomic mass is 79.9. The van der Waals surface area contributed by atoms with Gasteiger partial charge in [-0.15, -0.1) is 0 Å². The van der Waals surface area contributed by atoms with Crippen LogP contribution in [-0.4, -0.2) is 193 Å². The first kappa shape index (κ1) is 60.2. The summed E-state index contributed by atoms with van der Waals surface area (Å²) in [6, 6.07) is 19.7. The lowest BCUT2D eigenvalue weighted by molar-refractivity contribution is 0.265. The van der Waals surface area contributed by atoms with Crippen molar-refractivity contribution in [2.45, 2.75) is 57.0 Å². The number of hydrogen-bond donors (Lipinski definition) is 4. The molecule has 8 aromatic rings. The number of benzene rings is 4. The number of methoxy groups -OCH3 is 6. The summed E-state index contributed by atoms with van der Waals surface area (Å²) in [7, 11) is 13.9. The van der Waals surface area contributed by atoms with Crippen molar-refractivity contribution in [3.63, 3.8) is 0 Å². The van der Waals surface area contributed by atoms with E-state index in [1.54, 1.807) is 55.3 Å². The van der Waals surface area contributed by atoms with Gasteiger partial charge in [0.25, 0.3) is 0 Å². The Balaban J connectivity index is 0.000000171. The molecule has 0 saturated carbocycles. The number of piperidine rings is 1. The van der Waals surface area contributed by atoms with Crippen LogP contribution in [0.15, 0.2) is 90.2 Å². The number of imidazole rings is 2. The van der Waals surface area contributed by atoms with Crippen LogP contribution in [0.3, 0.4) is 0 Å². The van der Waals surface area contributed by atoms with E-state index in [0.717, 1.165) is 108 Å². The summed E-state index contributed by atoms with van der Waals surface area (Å²) in [6.07, 6.45) is 15.3. The predicted octanol–water partition coefficient (Wildman–Crippen LogP) is 8.71. The molecule has 0 spiro atoms. The molecule has 4 aliphatic heterocycles. The van der Waals surface area contributed by atoms with Crippen molar-refractivity contribution in [3.05, 3.63) is 90.2 Å². The molecule has 4 aromatic heterocycles. The van der Waals surface area contributed by atoms with Gasteiger partial charge in [-0.2, -0.15) is 9.97 Å². The topological polar surface area (TPSA) is 223 Å². The number of ether oxygens (including phenoxy) is 6. The molecule has 12 rings (SSSR count). The molecule has 2 atom stereocenters. The second kappa shape index (κ2) is 27.9. The molecule has 23 nitrogen and oxygen atoms in total. The number of rotatable bonds is 17. The molecule has 4 aliphatic rings. The molecule has 0 bridgehead atoms. The number of likely N-dealkylation sites (tertiary alicyclic amines) is 1. The third-order valence-corrected chi connectivity index (χ3v) is 16.5. The second-order valence-electron chi connectivity index (χ2n) is 21.5. The van der Waals surface area contributed by atoms with E-state index in [-0.39, 0.29) is 25.3 Å². The number of aromatic nitrogens is 8. The number of piperazine rings is 1. The molecule has 0 aliphatic carbocycles. The lowest BCUT2D eigenvalue weighted by atomic mass is 10.1. The maximum absolute atomic E-state index is 10.0. The first-order valence-electron chi connectivity index (χ1n) is 28.8. The van der Waals surface area contributed by atoms with Crippen molar-refractivity contribution in [2.24, 2.45) is 0 Å². The molecule has 85 heavy (non-hydrogen) atoms. The van der Waals surface area contributed by atoms with Gasteiger partial charge in [-0.25, -0.2) is 19.9 Å². The summed E-state index contributed by atoms with van der Waals surface area (Å²) in [6.45, 7) is 8.40. The van der Waals surface area contributed by atoms with Gasteiger partial charge in [0.15, 0.2) is 23.0 Å². The third kappa shape index (κ3) is 13.8. The van der Waals surface area contributed by atoms with Crippen LogP contribution in [0, 0.1) is 0 Å². The van der Waals surface area contributed by atoms with Crippen LogP contribution < -0.4 is 53.8 Å². The quantitative estimate of drug-likeness (QED) is 0.0669. The second-order valence-corrected chi connectivity index (χ2v) is 22.4. The normalized spacial score (nSPS) is 17.3. The Morgan fingerprint density at radius 3 is 1.36 bits per heavy atom. The highest BCUT2D eigenvalue weighted by Gasteiger charge is 2.29. The van der Waals surface area contributed by atoms with E-state index in [4.69, 9.17) is 48.4 Å². The number of aliphatic hydroxyl groups excluding tert-OH is 2. The molecule has 0 amide bonds. The zero-order valence-electron chi connectivity index (χ0n) is 49.8. The number of fused-ring (bicyclic) bond motifs is 2. The highest BCUT2D eigenvalue weighted by molar-refractivity contribution is 9.10. The van der Waals surface area contributed by atoms with Crippen molar-refractivity contribution >= 4 is 78.6 Å². The Morgan fingerprint density at radius 2 is 0.941 bits per heavy atom. The van der Waals surface area contributed by atoms with Crippen LogP contribution in [0.25, 0.3) is 33.2 Å². The summed E-state index contributed by atoms with van der Waals surface area (Å²) >= 11 is 3.54. The van der Waals surface area contributed by atoms with Gasteiger partial charge < -0.3 is 82.9 Å². The number of halogens is 1. The van der Waals surface area contributed by atoms with E-state index in [1.807, 2.05) is 64.0 Å². The predicted molar refractivity (Wildman–Crippen MR) is 336 cm³/mol. The largest absolute Gasteiger partial charge is 0.493 e. The Labute approximate surface area is 504 Å². The molecule has 4 N–H and O–H groups in total. The van der Waals surface area contributed by atoms with Crippen LogP contribution in [0.2, 0.25) is 0 Å². The van der Waals surface area contributed by atoms with E-state index in [2.05, 4.69) is 93.3 Å². The van der Waals surface area contributed by atoms with E-state index in [0.29, 0.717) is 69.7 Å². The number of nitrogens with zero attached hydrogens (tertiary/aromatic N) is 13. The Kier molecular flexibility index (Phi) is 19.7. The Hall–Kier alpha value is -7.90. The maximum Gasteiger partial charge on any atom is 0.228 e. The number of likely N-dealkylation sites (N-methyl/N-ethyl adjacent to an activating group) is 1. The number of anilines is 7. The molecule has 0 radical (unpaired) electrons. The summed E-state index contributed by atoms with van der Waals surface area (Å²) < 4.78 is 37.6. The van der Waals surface area contributed by atoms with Crippen LogP contribution in [0.4, 0.5) is 40.9 Å². The molecule has 0 unspecified atom stereocenters. The van der Waals surface area contributed by atoms with Gasteiger partial charge in [-0.05, 0) is 102 Å². The molecular weight excluding hydrogens is 1150 g/mol. The van der Waals surface area contributed by atoms with Gasteiger partial charge in [0.2, 0.25) is 23.4 Å². The minimum absolute atomic E-state index is 0.00959. The average molecular weight is 1230 g/mol. The van der Waals surface area contributed by atoms with Gasteiger partial charge in [0.1, 0.15) is 35.9 Å². The molecule has 4 aromatic carbocycles. The fourth-order valence-electron chi connectivity index (χ4n) is 11.3. The molecule has 8 heterocycles.